The molecular weight excluding hydrogens is 310 g/mol. The van der Waals surface area contributed by atoms with Crippen molar-refractivity contribution in [2.24, 2.45) is 0 Å². The van der Waals surface area contributed by atoms with Gasteiger partial charge in [0.15, 0.2) is 0 Å². The highest BCUT2D eigenvalue weighted by Gasteiger charge is 2.22. The van der Waals surface area contributed by atoms with E-state index < -0.39 is 0 Å². The maximum atomic E-state index is 12.3. The molecule has 1 aliphatic rings. The van der Waals surface area contributed by atoms with E-state index >= 15 is 0 Å². The maximum Gasteiger partial charge on any atom is 0.220 e. The van der Waals surface area contributed by atoms with Crippen LogP contribution >= 0.6 is 11.6 Å². The van der Waals surface area contributed by atoms with Crippen LogP contribution in [0.5, 0.6) is 5.75 Å². The van der Waals surface area contributed by atoms with Gasteiger partial charge in [-0.1, -0.05) is 41.4 Å². The van der Waals surface area contributed by atoms with Gasteiger partial charge >= 0.3 is 0 Å². The number of carbonyl (C=O) groups is 1. The van der Waals surface area contributed by atoms with Gasteiger partial charge in [-0.3, -0.25) is 4.79 Å². The van der Waals surface area contributed by atoms with Crippen LogP contribution in [0.25, 0.3) is 0 Å². The lowest BCUT2D eigenvalue weighted by molar-refractivity contribution is -0.122. The van der Waals surface area contributed by atoms with Crippen molar-refractivity contribution in [1.82, 2.24) is 5.32 Å². The van der Waals surface area contributed by atoms with E-state index in [1.807, 2.05) is 43.3 Å². The van der Waals surface area contributed by atoms with Gasteiger partial charge in [0.2, 0.25) is 5.91 Å². The Bertz CT molecular complexity index is 697. The van der Waals surface area contributed by atoms with Crippen molar-refractivity contribution in [3.05, 3.63) is 64.2 Å². The number of hydrogen-bond acceptors (Lipinski definition) is 2. The number of hydrogen-bond donors (Lipinski definition) is 1. The Morgan fingerprint density at radius 1 is 1.26 bits per heavy atom. The standard InChI is InChI=1S/C19H20ClNO2/c1-13-2-8-18-16(12-13)17(10-11-23-18)21-19(22)9-5-14-3-6-15(20)7-4-14/h2-4,6-8,12,17H,5,9-11H2,1H3,(H,21,22). The first-order valence-electron chi connectivity index (χ1n) is 7.89. The molecule has 1 atom stereocenters. The summed E-state index contributed by atoms with van der Waals surface area (Å²) in [6.45, 7) is 2.69. The van der Waals surface area contributed by atoms with Gasteiger partial charge in [-0.15, -0.1) is 0 Å². The molecule has 1 heterocycles. The van der Waals surface area contributed by atoms with Crippen molar-refractivity contribution >= 4 is 17.5 Å². The fraction of sp³-hybridized carbons (Fsp3) is 0.316. The zero-order valence-corrected chi connectivity index (χ0v) is 13.9. The van der Waals surface area contributed by atoms with Crippen LogP contribution in [-0.2, 0) is 11.2 Å². The Morgan fingerprint density at radius 2 is 2.04 bits per heavy atom. The molecule has 1 N–H and O–H groups in total. The second kappa shape index (κ2) is 7.05. The van der Waals surface area contributed by atoms with E-state index in [0.29, 0.717) is 24.5 Å². The van der Waals surface area contributed by atoms with E-state index in [0.717, 1.165) is 23.3 Å². The largest absolute Gasteiger partial charge is 0.493 e. The molecule has 2 aromatic carbocycles. The first-order chi connectivity index (χ1) is 11.1. The highest BCUT2D eigenvalue weighted by molar-refractivity contribution is 6.30. The molecule has 0 aliphatic carbocycles. The highest BCUT2D eigenvalue weighted by atomic mass is 35.5. The zero-order chi connectivity index (χ0) is 16.2. The van der Waals surface area contributed by atoms with Crippen LogP contribution in [0.4, 0.5) is 0 Å². The Kier molecular flexibility index (Phi) is 4.87. The number of rotatable bonds is 4. The Balaban J connectivity index is 1.60. The van der Waals surface area contributed by atoms with Crippen molar-refractivity contribution in [2.45, 2.75) is 32.2 Å². The van der Waals surface area contributed by atoms with Gasteiger partial charge in [-0.25, -0.2) is 0 Å². The molecule has 1 aliphatic heterocycles. The van der Waals surface area contributed by atoms with Crippen LogP contribution < -0.4 is 10.1 Å². The SMILES string of the molecule is Cc1ccc2c(c1)C(NC(=O)CCc1ccc(Cl)cc1)CCO2. The summed E-state index contributed by atoms with van der Waals surface area (Å²) < 4.78 is 5.67. The highest BCUT2D eigenvalue weighted by Crippen LogP contribution is 2.32. The minimum Gasteiger partial charge on any atom is -0.493 e. The van der Waals surface area contributed by atoms with E-state index in [9.17, 15) is 4.79 Å². The lowest BCUT2D eigenvalue weighted by atomic mass is 9.98. The second-order valence-corrected chi connectivity index (χ2v) is 6.36. The van der Waals surface area contributed by atoms with E-state index in [-0.39, 0.29) is 11.9 Å². The molecule has 4 heteroatoms. The molecule has 0 bridgehead atoms. The molecule has 0 radical (unpaired) electrons. The van der Waals surface area contributed by atoms with Crippen molar-refractivity contribution in [3.63, 3.8) is 0 Å². The molecule has 0 spiro atoms. The lowest BCUT2D eigenvalue weighted by Crippen LogP contribution is -2.32. The third-order valence-corrected chi connectivity index (χ3v) is 4.35. The molecule has 3 nitrogen and oxygen atoms in total. The summed E-state index contributed by atoms with van der Waals surface area (Å²) in [7, 11) is 0. The molecular formula is C19H20ClNO2. The van der Waals surface area contributed by atoms with Crippen LogP contribution in [-0.4, -0.2) is 12.5 Å². The van der Waals surface area contributed by atoms with E-state index in [1.165, 1.54) is 5.56 Å². The average Bonchev–Trinajstić information content (AvgIpc) is 2.55. The van der Waals surface area contributed by atoms with Crippen molar-refractivity contribution in [2.75, 3.05) is 6.61 Å². The molecule has 0 fully saturated rings. The van der Waals surface area contributed by atoms with Gasteiger partial charge in [0.1, 0.15) is 5.75 Å². The number of ether oxygens (including phenoxy) is 1. The number of aryl methyl sites for hydroxylation is 2. The topological polar surface area (TPSA) is 38.3 Å². The predicted molar refractivity (Wildman–Crippen MR) is 91.9 cm³/mol. The summed E-state index contributed by atoms with van der Waals surface area (Å²) in [6.07, 6.45) is 2.00. The molecule has 3 rings (SSSR count). The number of benzene rings is 2. The number of nitrogens with one attached hydrogen (secondary N) is 1. The second-order valence-electron chi connectivity index (χ2n) is 5.92. The van der Waals surface area contributed by atoms with Gasteiger partial charge in [0.05, 0.1) is 12.6 Å². The Labute approximate surface area is 141 Å². The smallest absolute Gasteiger partial charge is 0.220 e. The zero-order valence-electron chi connectivity index (χ0n) is 13.1. The third kappa shape index (κ3) is 4.05. The lowest BCUT2D eigenvalue weighted by Gasteiger charge is -2.27. The fourth-order valence-electron chi connectivity index (χ4n) is 2.84. The monoisotopic (exact) mass is 329 g/mol. The Morgan fingerprint density at radius 3 is 2.83 bits per heavy atom. The van der Waals surface area contributed by atoms with Gasteiger partial charge in [-0.05, 0) is 37.1 Å². The van der Waals surface area contributed by atoms with Crippen molar-refractivity contribution in [3.8, 4) is 5.75 Å². The van der Waals surface area contributed by atoms with E-state index in [2.05, 4.69) is 11.4 Å². The minimum absolute atomic E-state index is 0.0383. The van der Waals surface area contributed by atoms with Gasteiger partial charge in [-0.2, -0.15) is 0 Å². The number of halogens is 1. The van der Waals surface area contributed by atoms with Crippen molar-refractivity contribution < 1.29 is 9.53 Å². The van der Waals surface area contributed by atoms with Gasteiger partial charge in [0.25, 0.3) is 0 Å². The normalized spacial score (nSPS) is 16.3. The summed E-state index contributed by atoms with van der Waals surface area (Å²) in [5, 5.41) is 3.85. The van der Waals surface area contributed by atoms with Crippen LogP contribution in [0, 0.1) is 6.92 Å². The molecule has 23 heavy (non-hydrogen) atoms. The van der Waals surface area contributed by atoms with Gasteiger partial charge < -0.3 is 10.1 Å². The van der Waals surface area contributed by atoms with Crippen LogP contribution in [0.2, 0.25) is 5.02 Å². The number of amides is 1. The predicted octanol–water partition coefficient (Wildman–Crippen LogP) is 4.22. The Hall–Kier alpha value is -2.00. The molecule has 0 aromatic heterocycles. The molecule has 120 valence electrons. The summed E-state index contributed by atoms with van der Waals surface area (Å²) in [6, 6.07) is 13.8. The third-order valence-electron chi connectivity index (χ3n) is 4.09. The van der Waals surface area contributed by atoms with Crippen LogP contribution in [0.1, 0.15) is 35.6 Å². The quantitative estimate of drug-likeness (QED) is 0.912. The number of carbonyl (C=O) groups excluding carboxylic acids is 1. The molecule has 1 unspecified atom stereocenters. The first kappa shape index (κ1) is 15.9. The summed E-state index contributed by atoms with van der Waals surface area (Å²) in [4.78, 5) is 12.3. The summed E-state index contributed by atoms with van der Waals surface area (Å²) >= 11 is 5.87. The molecule has 2 aromatic rings. The molecule has 1 amide bonds. The van der Waals surface area contributed by atoms with E-state index in [4.69, 9.17) is 16.3 Å². The summed E-state index contributed by atoms with van der Waals surface area (Å²) in [5.41, 5.74) is 3.37. The van der Waals surface area contributed by atoms with Crippen LogP contribution in [0.15, 0.2) is 42.5 Å². The summed E-state index contributed by atoms with van der Waals surface area (Å²) in [5.74, 6) is 0.948. The fourth-order valence-corrected chi connectivity index (χ4v) is 2.97. The maximum absolute atomic E-state index is 12.3. The average molecular weight is 330 g/mol. The van der Waals surface area contributed by atoms with E-state index in [1.54, 1.807) is 0 Å². The molecule has 0 saturated carbocycles. The first-order valence-corrected chi connectivity index (χ1v) is 8.27. The molecule has 0 saturated heterocycles. The minimum atomic E-state index is 0.0383. The number of fused-ring (bicyclic) bond motifs is 1. The van der Waals surface area contributed by atoms with Gasteiger partial charge in [0, 0.05) is 23.4 Å². The van der Waals surface area contributed by atoms with Crippen LogP contribution in [0.3, 0.4) is 0 Å². The van der Waals surface area contributed by atoms with Crippen molar-refractivity contribution in [1.29, 1.82) is 0 Å².